The molecule has 0 atom stereocenters. The number of carbonyl (C=O) groups is 3. The lowest BCUT2D eigenvalue weighted by molar-refractivity contribution is -0.150. The summed E-state index contributed by atoms with van der Waals surface area (Å²) in [6.07, 6.45) is 4.91. The average Bonchev–Trinajstić information content (AvgIpc) is 3.27. The zero-order valence-electron chi connectivity index (χ0n) is 14.3. The first-order valence-corrected chi connectivity index (χ1v) is 8.93. The normalized spacial score (nSPS) is 19.0. The largest absolute Gasteiger partial charge is 0.481 e. The Morgan fingerprint density at radius 3 is 2.16 bits per heavy atom. The molecular weight excluding hydrogens is 320 g/mol. The molecule has 0 radical (unpaired) electrons. The molecule has 134 valence electrons. The second-order valence-corrected chi connectivity index (χ2v) is 7.09. The first kappa shape index (κ1) is 17.5. The van der Waals surface area contributed by atoms with Crippen LogP contribution in [0.1, 0.15) is 55.3 Å². The molecule has 2 aliphatic rings. The van der Waals surface area contributed by atoms with Gasteiger partial charge in [-0.1, -0.05) is 12.8 Å². The van der Waals surface area contributed by atoms with Crippen LogP contribution in [0.2, 0.25) is 0 Å². The van der Waals surface area contributed by atoms with Gasteiger partial charge in [-0.25, -0.2) is 0 Å². The second kappa shape index (κ2) is 7.25. The summed E-state index contributed by atoms with van der Waals surface area (Å²) in [5.41, 5.74) is 0.273. The molecule has 2 N–H and O–H groups in total. The van der Waals surface area contributed by atoms with E-state index in [2.05, 4.69) is 5.32 Å². The molecule has 2 fully saturated rings. The van der Waals surface area contributed by atoms with E-state index in [9.17, 15) is 19.5 Å². The van der Waals surface area contributed by atoms with Crippen LogP contribution in [0.25, 0.3) is 0 Å². The van der Waals surface area contributed by atoms with Crippen LogP contribution in [-0.2, 0) is 9.59 Å². The number of amides is 2. The number of hydrogen-bond acceptors (Lipinski definition) is 3. The van der Waals surface area contributed by atoms with Crippen LogP contribution in [0, 0.1) is 5.41 Å². The van der Waals surface area contributed by atoms with Crippen LogP contribution in [0.15, 0.2) is 24.3 Å². The van der Waals surface area contributed by atoms with Gasteiger partial charge in [0.1, 0.15) is 0 Å². The van der Waals surface area contributed by atoms with Crippen LogP contribution in [-0.4, -0.2) is 40.9 Å². The summed E-state index contributed by atoms with van der Waals surface area (Å²) in [4.78, 5) is 37.9. The van der Waals surface area contributed by atoms with E-state index in [4.69, 9.17) is 0 Å². The molecule has 0 spiro atoms. The van der Waals surface area contributed by atoms with Crippen molar-refractivity contribution in [1.29, 1.82) is 0 Å². The molecule has 25 heavy (non-hydrogen) atoms. The quantitative estimate of drug-likeness (QED) is 0.860. The molecule has 1 aromatic carbocycles. The number of aliphatic carboxylic acids is 1. The van der Waals surface area contributed by atoms with Crippen molar-refractivity contribution >= 4 is 23.5 Å². The topological polar surface area (TPSA) is 86.7 Å². The molecule has 0 bridgehead atoms. The highest BCUT2D eigenvalue weighted by Gasteiger charge is 2.42. The summed E-state index contributed by atoms with van der Waals surface area (Å²) in [6.45, 7) is 1.60. The molecule has 1 aromatic rings. The van der Waals surface area contributed by atoms with E-state index in [1.165, 1.54) is 0 Å². The summed E-state index contributed by atoms with van der Waals surface area (Å²) in [7, 11) is 0. The van der Waals surface area contributed by atoms with E-state index in [0.717, 1.165) is 38.8 Å². The first-order chi connectivity index (χ1) is 12.0. The third-order valence-electron chi connectivity index (χ3n) is 5.32. The zero-order chi connectivity index (χ0) is 17.9. The lowest BCUT2D eigenvalue weighted by Crippen LogP contribution is -2.32. The maximum Gasteiger partial charge on any atom is 0.310 e. The first-order valence-electron chi connectivity index (χ1n) is 8.93. The number of rotatable bonds is 5. The molecule has 0 aromatic heterocycles. The highest BCUT2D eigenvalue weighted by atomic mass is 16.4. The van der Waals surface area contributed by atoms with E-state index < -0.39 is 11.4 Å². The minimum absolute atomic E-state index is 0.00318. The zero-order valence-corrected chi connectivity index (χ0v) is 14.3. The van der Waals surface area contributed by atoms with Crippen LogP contribution < -0.4 is 5.32 Å². The minimum atomic E-state index is -0.921. The predicted octanol–water partition coefficient (Wildman–Crippen LogP) is 2.90. The third kappa shape index (κ3) is 3.83. The van der Waals surface area contributed by atoms with E-state index in [-0.39, 0.29) is 18.2 Å². The molecule has 1 saturated carbocycles. The lowest BCUT2D eigenvalue weighted by atomic mass is 9.82. The number of nitrogens with one attached hydrogen (secondary N) is 1. The predicted molar refractivity (Wildman–Crippen MR) is 93.4 cm³/mol. The van der Waals surface area contributed by atoms with Crippen molar-refractivity contribution in [2.75, 3.05) is 18.4 Å². The fourth-order valence-electron chi connectivity index (χ4n) is 3.83. The molecule has 1 aliphatic heterocycles. The SMILES string of the molecule is O=C(CC1(C(=O)O)CCCC1)Nc1ccc(C(=O)N2CCCC2)cc1. The summed E-state index contributed by atoms with van der Waals surface area (Å²) >= 11 is 0. The average molecular weight is 344 g/mol. The Balaban J connectivity index is 1.60. The summed E-state index contributed by atoms with van der Waals surface area (Å²) in [6, 6.07) is 6.81. The number of benzene rings is 1. The fourth-order valence-corrected chi connectivity index (χ4v) is 3.83. The Morgan fingerprint density at radius 2 is 1.60 bits per heavy atom. The van der Waals surface area contributed by atoms with Gasteiger partial charge in [-0.15, -0.1) is 0 Å². The molecule has 1 heterocycles. The molecular formula is C19H24N2O4. The molecule has 1 aliphatic carbocycles. The van der Waals surface area contributed by atoms with Crippen molar-refractivity contribution in [3.63, 3.8) is 0 Å². The van der Waals surface area contributed by atoms with E-state index in [0.29, 0.717) is 24.1 Å². The van der Waals surface area contributed by atoms with E-state index in [1.54, 1.807) is 24.3 Å². The molecule has 6 heteroatoms. The fraction of sp³-hybridized carbons (Fsp3) is 0.526. The number of anilines is 1. The maximum absolute atomic E-state index is 12.3. The van der Waals surface area contributed by atoms with Gasteiger partial charge in [-0.05, 0) is 49.9 Å². The molecule has 1 saturated heterocycles. The van der Waals surface area contributed by atoms with Crippen LogP contribution in [0.3, 0.4) is 0 Å². The number of likely N-dealkylation sites (tertiary alicyclic amines) is 1. The van der Waals surface area contributed by atoms with E-state index >= 15 is 0 Å². The van der Waals surface area contributed by atoms with Crippen LogP contribution in [0.5, 0.6) is 0 Å². The number of hydrogen-bond donors (Lipinski definition) is 2. The minimum Gasteiger partial charge on any atom is -0.481 e. The highest BCUT2D eigenvalue weighted by molar-refractivity contribution is 5.97. The molecule has 3 rings (SSSR count). The van der Waals surface area contributed by atoms with Crippen LogP contribution in [0.4, 0.5) is 5.69 Å². The Kier molecular flexibility index (Phi) is 5.06. The summed E-state index contributed by atoms with van der Waals surface area (Å²) < 4.78 is 0. The van der Waals surface area contributed by atoms with Crippen molar-refractivity contribution < 1.29 is 19.5 Å². The summed E-state index contributed by atoms with van der Waals surface area (Å²) in [5, 5.41) is 12.2. The van der Waals surface area contributed by atoms with Gasteiger partial charge in [0.05, 0.1) is 5.41 Å². The van der Waals surface area contributed by atoms with Crippen molar-refractivity contribution in [2.24, 2.45) is 5.41 Å². The van der Waals surface area contributed by atoms with Gasteiger partial charge in [0.25, 0.3) is 5.91 Å². The standard InChI is InChI=1S/C19H24N2O4/c22-16(13-19(18(24)25)9-1-2-10-19)20-15-7-5-14(6-8-15)17(23)21-11-3-4-12-21/h5-8H,1-4,9-13H2,(H,20,22)(H,24,25). The molecule has 6 nitrogen and oxygen atoms in total. The smallest absolute Gasteiger partial charge is 0.310 e. The van der Waals surface area contributed by atoms with Gasteiger partial charge >= 0.3 is 5.97 Å². The van der Waals surface area contributed by atoms with E-state index in [1.807, 2.05) is 4.90 Å². The van der Waals surface area contributed by atoms with Crippen molar-refractivity contribution in [2.45, 2.75) is 44.9 Å². The Bertz CT molecular complexity index is 657. The van der Waals surface area contributed by atoms with Crippen molar-refractivity contribution in [1.82, 2.24) is 4.90 Å². The van der Waals surface area contributed by atoms with Gasteiger partial charge in [0.15, 0.2) is 0 Å². The second-order valence-electron chi connectivity index (χ2n) is 7.09. The maximum atomic E-state index is 12.3. The van der Waals surface area contributed by atoms with Gasteiger partial charge in [0.2, 0.25) is 5.91 Å². The summed E-state index contributed by atoms with van der Waals surface area (Å²) in [5.74, 6) is -1.15. The lowest BCUT2D eigenvalue weighted by Gasteiger charge is -2.22. The molecule has 0 unspecified atom stereocenters. The highest BCUT2D eigenvalue weighted by Crippen LogP contribution is 2.41. The van der Waals surface area contributed by atoms with Gasteiger partial charge in [0, 0.05) is 30.8 Å². The molecule has 2 amide bonds. The van der Waals surface area contributed by atoms with Crippen molar-refractivity contribution in [3.8, 4) is 0 Å². The number of carbonyl (C=O) groups excluding carboxylic acids is 2. The Labute approximate surface area is 147 Å². The van der Waals surface area contributed by atoms with Crippen LogP contribution >= 0.6 is 0 Å². The van der Waals surface area contributed by atoms with Gasteiger partial charge < -0.3 is 15.3 Å². The number of nitrogens with zero attached hydrogens (tertiary/aromatic N) is 1. The Morgan fingerprint density at radius 1 is 1.00 bits per heavy atom. The van der Waals surface area contributed by atoms with Crippen molar-refractivity contribution in [3.05, 3.63) is 29.8 Å². The number of carboxylic acids is 1. The Hall–Kier alpha value is -2.37. The van der Waals surface area contributed by atoms with Gasteiger partial charge in [-0.3, -0.25) is 14.4 Å². The third-order valence-corrected chi connectivity index (χ3v) is 5.32. The monoisotopic (exact) mass is 344 g/mol. The van der Waals surface area contributed by atoms with Gasteiger partial charge in [-0.2, -0.15) is 0 Å². The number of carboxylic acid groups (broad SMARTS) is 1.